The molecule has 3 aromatic carbocycles. The molecule has 0 aliphatic heterocycles. The maximum atomic E-state index is 13.6. The van der Waals surface area contributed by atoms with Crippen molar-refractivity contribution in [1.29, 1.82) is 0 Å². The monoisotopic (exact) mass is 406 g/mol. The predicted octanol–water partition coefficient (Wildman–Crippen LogP) is 5.36. The number of rotatable bonds is 4. The van der Waals surface area contributed by atoms with Crippen molar-refractivity contribution < 1.29 is 9.13 Å². The normalized spacial score (nSPS) is 11.3. The first-order valence-electron chi connectivity index (χ1n) is 8.86. The molecule has 144 valence electrons. The Morgan fingerprint density at radius 3 is 2.52 bits per heavy atom. The Kier molecular flexibility index (Phi) is 5.14. The van der Waals surface area contributed by atoms with E-state index in [1.165, 1.54) is 22.8 Å². The summed E-state index contributed by atoms with van der Waals surface area (Å²) in [6.45, 7) is 0. The Balaban J connectivity index is 1.90. The van der Waals surface area contributed by atoms with Crippen molar-refractivity contribution in [2.24, 2.45) is 0 Å². The van der Waals surface area contributed by atoms with Crippen LogP contribution in [0.4, 0.5) is 4.39 Å². The predicted molar refractivity (Wildman–Crippen MR) is 114 cm³/mol. The molecule has 0 atom stereocenters. The summed E-state index contributed by atoms with van der Waals surface area (Å²) in [5, 5.41) is 0.405. The van der Waals surface area contributed by atoms with E-state index in [1.807, 2.05) is 36.4 Å². The van der Waals surface area contributed by atoms with Gasteiger partial charge in [-0.2, -0.15) is 0 Å². The van der Waals surface area contributed by atoms with Gasteiger partial charge in [0.1, 0.15) is 17.4 Å². The van der Waals surface area contributed by atoms with E-state index < -0.39 is 5.82 Å². The van der Waals surface area contributed by atoms with Gasteiger partial charge in [-0.05, 0) is 54.1 Å². The van der Waals surface area contributed by atoms with Crippen LogP contribution in [-0.2, 0) is 0 Å². The summed E-state index contributed by atoms with van der Waals surface area (Å²) in [6.07, 6.45) is 3.59. The van der Waals surface area contributed by atoms with Gasteiger partial charge >= 0.3 is 0 Å². The third kappa shape index (κ3) is 3.77. The van der Waals surface area contributed by atoms with Crippen molar-refractivity contribution in [1.82, 2.24) is 9.55 Å². The van der Waals surface area contributed by atoms with Gasteiger partial charge in [0, 0.05) is 0 Å². The van der Waals surface area contributed by atoms with Gasteiger partial charge in [0.25, 0.3) is 5.56 Å². The van der Waals surface area contributed by atoms with Crippen molar-refractivity contribution in [2.75, 3.05) is 7.11 Å². The number of halogens is 2. The summed E-state index contributed by atoms with van der Waals surface area (Å²) < 4.78 is 20.2. The summed E-state index contributed by atoms with van der Waals surface area (Å²) in [4.78, 5) is 17.8. The highest BCUT2D eigenvalue weighted by Gasteiger charge is 2.12. The summed E-state index contributed by atoms with van der Waals surface area (Å²) in [7, 11) is 1.61. The molecule has 29 heavy (non-hydrogen) atoms. The van der Waals surface area contributed by atoms with Crippen LogP contribution in [0.25, 0.3) is 28.7 Å². The van der Waals surface area contributed by atoms with Gasteiger partial charge in [0.15, 0.2) is 0 Å². The van der Waals surface area contributed by atoms with Crippen LogP contribution >= 0.6 is 11.6 Å². The van der Waals surface area contributed by atoms with Gasteiger partial charge in [-0.25, -0.2) is 9.37 Å². The standard InChI is InChI=1S/C23H16ClFN2O2/c1-29-17-10-6-15(7-11-17)8-13-22-26-21-5-3-2-4-18(21)23(28)27(22)16-9-12-20(25)19(24)14-16/h2-14H,1H3. The maximum absolute atomic E-state index is 13.6. The lowest BCUT2D eigenvalue weighted by Crippen LogP contribution is -2.22. The number of nitrogens with zero attached hydrogens (tertiary/aromatic N) is 2. The third-order valence-electron chi connectivity index (χ3n) is 4.50. The molecular weight excluding hydrogens is 391 g/mol. The molecule has 0 saturated heterocycles. The lowest BCUT2D eigenvalue weighted by molar-refractivity contribution is 0.415. The Hall–Kier alpha value is -3.44. The van der Waals surface area contributed by atoms with Crippen molar-refractivity contribution >= 4 is 34.7 Å². The second-order valence-electron chi connectivity index (χ2n) is 6.33. The quantitative estimate of drug-likeness (QED) is 0.458. The van der Waals surface area contributed by atoms with E-state index in [1.54, 1.807) is 31.4 Å². The van der Waals surface area contributed by atoms with E-state index in [0.29, 0.717) is 22.4 Å². The van der Waals surface area contributed by atoms with E-state index in [9.17, 15) is 9.18 Å². The summed E-state index contributed by atoms with van der Waals surface area (Å²) in [5.74, 6) is 0.614. The fourth-order valence-corrected chi connectivity index (χ4v) is 3.20. The minimum absolute atomic E-state index is 0.0624. The van der Waals surface area contributed by atoms with Gasteiger partial charge in [0.05, 0.1) is 28.7 Å². The molecule has 0 amide bonds. The lowest BCUT2D eigenvalue weighted by atomic mass is 10.2. The van der Waals surface area contributed by atoms with Gasteiger partial charge in [-0.3, -0.25) is 9.36 Å². The first kappa shape index (κ1) is 18.9. The Morgan fingerprint density at radius 1 is 1.03 bits per heavy atom. The first-order valence-corrected chi connectivity index (χ1v) is 9.24. The highest BCUT2D eigenvalue weighted by atomic mass is 35.5. The minimum atomic E-state index is -0.549. The molecule has 0 radical (unpaired) electrons. The Labute approximate surface area is 171 Å². The second-order valence-corrected chi connectivity index (χ2v) is 6.74. The zero-order valence-corrected chi connectivity index (χ0v) is 16.2. The summed E-state index contributed by atoms with van der Waals surface area (Å²) >= 11 is 5.95. The molecule has 1 heterocycles. The van der Waals surface area contributed by atoms with Crippen LogP contribution in [0.1, 0.15) is 11.4 Å². The van der Waals surface area contributed by atoms with E-state index in [-0.39, 0.29) is 10.6 Å². The molecule has 0 bridgehead atoms. The molecule has 6 heteroatoms. The molecule has 0 aliphatic rings. The van der Waals surface area contributed by atoms with Crippen LogP contribution in [0.15, 0.2) is 71.5 Å². The van der Waals surface area contributed by atoms with Gasteiger partial charge in [0.2, 0.25) is 0 Å². The van der Waals surface area contributed by atoms with Crippen LogP contribution in [0.2, 0.25) is 5.02 Å². The second kappa shape index (κ2) is 7.89. The van der Waals surface area contributed by atoms with E-state index in [2.05, 4.69) is 4.98 Å². The number of hydrogen-bond donors (Lipinski definition) is 0. The van der Waals surface area contributed by atoms with Gasteiger partial charge < -0.3 is 4.74 Å². The average Bonchev–Trinajstić information content (AvgIpc) is 2.75. The summed E-state index contributed by atoms with van der Waals surface area (Å²) in [5.41, 5.74) is 1.68. The zero-order valence-electron chi connectivity index (χ0n) is 15.5. The molecule has 4 aromatic rings. The van der Waals surface area contributed by atoms with E-state index in [0.717, 1.165) is 11.3 Å². The van der Waals surface area contributed by atoms with Crippen molar-refractivity contribution in [3.63, 3.8) is 0 Å². The number of benzene rings is 3. The third-order valence-corrected chi connectivity index (χ3v) is 4.79. The van der Waals surface area contributed by atoms with Crippen LogP contribution in [-0.4, -0.2) is 16.7 Å². The van der Waals surface area contributed by atoms with Crippen LogP contribution in [0.3, 0.4) is 0 Å². The molecule has 0 unspecified atom stereocenters. The lowest BCUT2D eigenvalue weighted by Gasteiger charge is -2.12. The number of aromatic nitrogens is 2. The number of ether oxygens (including phenoxy) is 1. The number of methoxy groups -OCH3 is 1. The fraction of sp³-hybridized carbons (Fsp3) is 0.0435. The molecule has 0 fully saturated rings. The van der Waals surface area contributed by atoms with Crippen molar-refractivity contribution in [2.45, 2.75) is 0 Å². The molecule has 0 N–H and O–H groups in total. The Bertz CT molecular complexity index is 1280. The smallest absolute Gasteiger partial charge is 0.266 e. The van der Waals surface area contributed by atoms with E-state index >= 15 is 0 Å². The average molecular weight is 407 g/mol. The minimum Gasteiger partial charge on any atom is -0.497 e. The van der Waals surface area contributed by atoms with Gasteiger partial charge in [-0.1, -0.05) is 41.9 Å². The first-order chi connectivity index (χ1) is 14.1. The zero-order chi connectivity index (χ0) is 20.4. The summed E-state index contributed by atoms with van der Waals surface area (Å²) in [6, 6.07) is 18.7. The van der Waals surface area contributed by atoms with Crippen LogP contribution < -0.4 is 10.3 Å². The SMILES string of the molecule is COc1ccc(C=Cc2nc3ccccc3c(=O)n2-c2ccc(F)c(Cl)c2)cc1. The maximum Gasteiger partial charge on any atom is 0.266 e. The molecular formula is C23H16ClFN2O2. The molecule has 4 nitrogen and oxygen atoms in total. The molecule has 4 rings (SSSR count). The van der Waals surface area contributed by atoms with Crippen molar-refractivity contribution in [3.05, 3.63) is 99.3 Å². The molecule has 0 saturated carbocycles. The van der Waals surface area contributed by atoms with Crippen LogP contribution in [0, 0.1) is 5.82 Å². The number of para-hydroxylation sites is 1. The topological polar surface area (TPSA) is 44.1 Å². The molecule has 1 aromatic heterocycles. The fourth-order valence-electron chi connectivity index (χ4n) is 3.02. The Morgan fingerprint density at radius 2 is 1.79 bits per heavy atom. The highest BCUT2D eigenvalue weighted by molar-refractivity contribution is 6.30. The molecule has 0 aliphatic carbocycles. The van der Waals surface area contributed by atoms with E-state index in [4.69, 9.17) is 16.3 Å². The van der Waals surface area contributed by atoms with Crippen molar-refractivity contribution in [3.8, 4) is 11.4 Å². The van der Waals surface area contributed by atoms with Crippen LogP contribution in [0.5, 0.6) is 5.75 Å². The highest BCUT2D eigenvalue weighted by Crippen LogP contribution is 2.21. The molecule has 0 spiro atoms. The number of fused-ring (bicyclic) bond motifs is 1. The largest absolute Gasteiger partial charge is 0.497 e. The van der Waals surface area contributed by atoms with Gasteiger partial charge in [-0.15, -0.1) is 0 Å². The number of hydrogen-bond acceptors (Lipinski definition) is 3.